The number of rotatable bonds is 8. The van der Waals surface area contributed by atoms with Crippen LogP contribution in [0.25, 0.3) is 33.5 Å². The van der Waals surface area contributed by atoms with E-state index in [2.05, 4.69) is 10.1 Å². The Morgan fingerprint density at radius 3 is 2.75 bits per heavy atom. The number of fused-ring (bicyclic) bond motifs is 2. The lowest BCUT2D eigenvalue weighted by Crippen LogP contribution is -2.20. The smallest absolute Gasteiger partial charge is 0.344 e. The number of ether oxygens (including phenoxy) is 2. The number of hydrogen-bond donors (Lipinski definition) is 0. The van der Waals surface area contributed by atoms with Gasteiger partial charge in [0, 0.05) is 22.0 Å². The number of para-hydroxylation sites is 1. The van der Waals surface area contributed by atoms with Crippen LogP contribution in [0.1, 0.15) is 12.5 Å². The zero-order chi connectivity index (χ0) is 28.4. The molecule has 0 aliphatic rings. The zero-order valence-electron chi connectivity index (χ0n) is 20.7. The average molecular weight is 581 g/mol. The number of aromatic nitrogens is 2. The van der Waals surface area contributed by atoms with Crippen molar-refractivity contribution in [3.8, 4) is 17.3 Å². The highest BCUT2D eigenvalue weighted by Crippen LogP contribution is 2.36. The van der Waals surface area contributed by atoms with E-state index in [-0.39, 0.29) is 34.5 Å². The van der Waals surface area contributed by atoms with Crippen LogP contribution in [0.2, 0.25) is 10.0 Å². The number of carbonyl (C=O) groups excluding carboxylic acids is 1. The summed E-state index contributed by atoms with van der Waals surface area (Å²) in [5.74, 6) is -0.656. The van der Waals surface area contributed by atoms with Gasteiger partial charge in [0.25, 0.3) is 5.56 Å². The fraction of sp³-hybridized carbons (Fsp3) is 0.111. The minimum absolute atomic E-state index is 0.0993. The molecule has 0 bridgehead atoms. The number of nitrogens with zero attached hydrogens (tertiary/aromatic N) is 4. The van der Waals surface area contributed by atoms with Crippen molar-refractivity contribution in [3.63, 3.8) is 0 Å². The Morgan fingerprint density at radius 1 is 1.18 bits per heavy atom. The lowest BCUT2D eigenvalue weighted by molar-refractivity contribution is -0.385. The van der Waals surface area contributed by atoms with Crippen LogP contribution in [-0.2, 0) is 9.53 Å². The Kier molecular flexibility index (Phi) is 7.50. The summed E-state index contributed by atoms with van der Waals surface area (Å²) in [6.45, 7) is 1.18. The van der Waals surface area contributed by atoms with E-state index >= 15 is 0 Å². The molecule has 0 aliphatic carbocycles. The van der Waals surface area contributed by atoms with Gasteiger partial charge in [0.2, 0.25) is 11.6 Å². The van der Waals surface area contributed by atoms with E-state index in [1.165, 1.54) is 12.3 Å². The molecule has 0 atom stereocenters. The first-order valence-corrected chi connectivity index (χ1v) is 12.5. The van der Waals surface area contributed by atoms with Crippen LogP contribution >= 0.6 is 23.2 Å². The highest BCUT2D eigenvalue weighted by molar-refractivity contribution is 6.32. The summed E-state index contributed by atoms with van der Waals surface area (Å²) in [6, 6.07) is 16.0. The minimum Gasteiger partial charge on any atom is -0.474 e. The lowest BCUT2D eigenvalue weighted by atomic mass is 10.2. The van der Waals surface area contributed by atoms with Gasteiger partial charge in [-0.25, -0.2) is 9.78 Å². The lowest BCUT2D eigenvalue weighted by Gasteiger charge is -2.09. The van der Waals surface area contributed by atoms with Crippen molar-refractivity contribution < 1.29 is 23.6 Å². The topological polar surface area (TPSA) is 139 Å². The summed E-state index contributed by atoms with van der Waals surface area (Å²) in [5.41, 5.74) is 0.136. The van der Waals surface area contributed by atoms with Gasteiger partial charge in [0.15, 0.2) is 12.4 Å². The second-order valence-corrected chi connectivity index (χ2v) is 9.15. The molecule has 0 saturated carbocycles. The van der Waals surface area contributed by atoms with Crippen molar-refractivity contribution >= 4 is 62.9 Å². The van der Waals surface area contributed by atoms with Crippen LogP contribution < -0.4 is 10.3 Å². The molecular formula is C27H18Cl2N4O7. The van der Waals surface area contributed by atoms with Gasteiger partial charge in [-0.1, -0.05) is 35.3 Å². The Labute approximate surface area is 235 Å². The summed E-state index contributed by atoms with van der Waals surface area (Å²) in [7, 11) is 0. The molecule has 0 amide bonds. The number of carbonyl (C=O) groups is 1. The maximum Gasteiger partial charge on any atom is 0.344 e. The van der Waals surface area contributed by atoms with Gasteiger partial charge >= 0.3 is 11.7 Å². The summed E-state index contributed by atoms with van der Waals surface area (Å²) < 4.78 is 17.0. The molecule has 5 rings (SSSR count). The second-order valence-electron chi connectivity index (χ2n) is 8.31. The molecule has 0 radical (unpaired) electrons. The maximum absolute atomic E-state index is 13.5. The first-order chi connectivity index (χ1) is 19.2. The van der Waals surface area contributed by atoms with E-state index in [4.69, 9.17) is 37.1 Å². The van der Waals surface area contributed by atoms with Crippen LogP contribution in [0.4, 0.5) is 5.69 Å². The van der Waals surface area contributed by atoms with Crippen LogP contribution in [0.5, 0.6) is 5.75 Å². The molecule has 0 saturated heterocycles. The first kappa shape index (κ1) is 26.9. The van der Waals surface area contributed by atoms with E-state index in [1.54, 1.807) is 55.5 Å². The molecule has 3 aromatic carbocycles. The van der Waals surface area contributed by atoms with Crippen molar-refractivity contribution in [2.45, 2.75) is 6.92 Å². The van der Waals surface area contributed by atoms with Crippen LogP contribution in [0.3, 0.4) is 0 Å². The molecule has 0 spiro atoms. The first-order valence-electron chi connectivity index (χ1n) is 11.8. The number of furan rings is 1. The molecule has 0 unspecified atom stereocenters. The van der Waals surface area contributed by atoms with Gasteiger partial charge in [0.05, 0.1) is 33.7 Å². The van der Waals surface area contributed by atoms with Gasteiger partial charge < -0.3 is 13.9 Å². The van der Waals surface area contributed by atoms with E-state index in [0.717, 1.165) is 10.7 Å². The predicted molar refractivity (Wildman–Crippen MR) is 149 cm³/mol. The maximum atomic E-state index is 13.5. The van der Waals surface area contributed by atoms with E-state index in [0.29, 0.717) is 26.9 Å². The second kappa shape index (κ2) is 11.2. The molecule has 11 nitrogen and oxygen atoms in total. The monoisotopic (exact) mass is 580 g/mol. The Hall–Kier alpha value is -4.74. The fourth-order valence-corrected chi connectivity index (χ4v) is 4.38. The van der Waals surface area contributed by atoms with Crippen molar-refractivity contribution in [1.82, 2.24) is 9.66 Å². The number of hydrogen-bond acceptors (Lipinski definition) is 9. The molecule has 40 heavy (non-hydrogen) atoms. The Balaban J connectivity index is 1.60. The molecule has 2 aromatic heterocycles. The third-order valence-corrected chi connectivity index (χ3v) is 6.17. The summed E-state index contributed by atoms with van der Waals surface area (Å²) in [5, 5.41) is 17.4. The zero-order valence-corrected chi connectivity index (χ0v) is 22.2. The molecule has 0 N–H and O–H groups in total. The quantitative estimate of drug-likeness (QED) is 0.0963. The van der Waals surface area contributed by atoms with Crippen molar-refractivity contribution in [1.29, 1.82) is 0 Å². The summed E-state index contributed by atoms with van der Waals surface area (Å²) in [4.78, 5) is 40.7. The summed E-state index contributed by atoms with van der Waals surface area (Å²) >= 11 is 12.4. The van der Waals surface area contributed by atoms with Gasteiger partial charge in [-0.05, 0) is 49.4 Å². The number of nitro groups is 1. The predicted octanol–water partition coefficient (Wildman–Crippen LogP) is 5.85. The van der Waals surface area contributed by atoms with E-state index in [1.807, 2.05) is 0 Å². The molecule has 0 fully saturated rings. The number of benzene rings is 3. The SMILES string of the molecule is CCOC(=O)COc1c(Cl)cc(C=Nn2c(-c3cc4cc(Cl)ccc4o3)nc3ccccc3c2=O)cc1[N+](=O)[O-]. The highest BCUT2D eigenvalue weighted by Gasteiger charge is 2.22. The standard InChI is InChI=1S/C27H18Cl2N4O7/c1-2-38-24(34)14-39-25-19(29)9-15(10-21(25)33(36)37)13-30-32-26(31-20-6-4-3-5-18(20)27(32)35)23-12-16-11-17(28)7-8-22(16)40-23/h3-13H,2,14H2,1H3. The minimum atomic E-state index is -0.710. The number of halogens is 2. The highest BCUT2D eigenvalue weighted by atomic mass is 35.5. The third kappa shape index (κ3) is 5.37. The van der Waals surface area contributed by atoms with Crippen LogP contribution in [-0.4, -0.2) is 40.0 Å². The molecule has 5 aromatic rings. The molecule has 2 heterocycles. The number of nitro benzene ring substituents is 1. The number of esters is 1. The van der Waals surface area contributed by atoms with Gasteiger partial charge in [0.1, 0.15) is 5.58 Å². The van der Waals surface area contributed by atoms with Gasteiger partial charge in [-0.2, -0.15) is 9.78 Å². The van der Waals surface area contributed by atoms with E-state index in [9.17, 15) is 19.7 Å². The molecule has 0 aliphatic heterocycles. The summed E-state index contributed by atoms with van der Waals surface area (Å²) in [6.07, 6.45) is 1.22. The third-order valence-electron chi connectivity index (χ3n) is 5.66. The van der Waals surface area contributed by atoms with Crippen molar-refractivity contribution in [2.75, 3.05) is 13.2 Å². The van der Waals surface area contributed by atoms with Crippen molar-refractivity contribution in [2.24, 2.45) is 5.10 Å². The normalized spacial score (nSPS) is 11.4. The van der Waals surface area contributed by atoms with Crippen LogP contribution in [0.15, 0.2) is 75.0 Å². The molecule has 13 heteroatoms. The Morgan fingerprint density at radius 2 is 1.98 bits per heavy atom. The largest absolute Gasteiger partial charge is 0.474 e. The Bertz CT molecular complexity index is 1880. The molecule has 202 valence electrons. The van der Waals surface area contributed by atoms with Crippen LogP contribution in [0, 0.1) is 10.1 Å². The van der Waals surface area contributed by atoms with Gasteiger partial charge in [-0.3, -0.25) is 14.9 Å². The fourth-order valence-electron chi connectivity index (χ4n) is 3.93. The molecular weight excluding hydrogens is 563 g/mol. The average Bonchev–Trinajstić information content (AvgIpc) is 3.34. The van der Waals surface area contributed by atoms with Crippen molar-refractivity contribution in [3.05, 3.63) is 96.7 Å². The van der Waals surface area contributed by atoms with Gasteiger partial charge in [-0.15, -0.1) is 0 Å². The van der Waals surface area contributed by atoms with E-state index < -0.39 is 28.7 Å².